The van der Waals surface area contributed by atoms with Crippen molar-refractivity contribution >= 4 is 15.7 Å². The van der Waals surface area contributed by atoms with Crippen molar-refractivity contribution in [2.45, 2.75) is 4.90 Å². The second kappa shape index (κ2) is 3.89. The lowest BCUT2D eigenvalue weighted by atomic mass is 10.1. The third-order valence-corrected chi connectivity index (χ3v) is 3.63. The Morgan fingerprint density at radius 1 is 1.29 bits per heavy atom. The van der Waals surface area contributed by atoms with Crippen molar-refractivity contribution in [1.29, 1.82) is 0 Å². The zero-order valence-corrected chi connectivity index (χ0v) is 10.4. The van der Waals surface area contributed by atoms with E-state index < -0.39 is 9.84 Å². The molecule has 0 unspecified atom stereocenters. The molecule has 0 saturated heterocycles. The molecule has 0 aliphatic carbocycles. The third kappa shape index (κ3) is 2.16. The molecule has 0 bridgehead atoms. The number of anilines is 1. The molecule has 0 atom stereocenters. The average Bonchev–Trinajstić information content (AvgIpc) is 2.58. The summed E-state index contributed by atoms with van der Waals surface area (Å²) in [5.74, 6) is 0.489. The highest BCUT2D eigenvalue weighted by molar-refractivity contribution is 7.90. The first kappa shape index (κ1) is 11.7. The molecule has 1 aromatic heterocycles. The van der Waals surface area contributed by atoms with Crippen molar-refractivity contribution in [3.8, 4) is 11.3 Å². The van der Waals surface area contributed by atoms with Gasteiger partial charge in [-0.2, -0.15) is 5.10 Å². The molecule has 2 aromatic rings. The van der Waals surface area contributed by atoms with Crippen LogP contribution in [0.2, 0.25) is 0 Å². The fourth-order valence-electron chi connectivity index (χ4n) is 1.61. The van der Waals surface area contributed by atoms with Gasteiger partial charge in [0.05, 0.1) is 10.6 Å². The van der Waals surface area contributed by atoms with Gasteiger partial charge >= 0.3 is 0 Å². The lowest BCUT2D eigenvalue weighted by molar-refractivity contribution is 0.602. The van der Waals surface area contributed by atoms with E-state index in [1.807, 2.05) is 0 Å². The lowest BCUT2D eigenvalue weighted by Gasteiger charge is -2.04. The van der Waals surface area contributed by atoms with Crippen LogP contribution in [0.1, 0.15) is 0 Å². The zero-order valence-electron chi connectivity index (χ0n) is 9.58. The normalized spacial score (nSPS) is 11.6. The van der Waals surface area contributed by atoms with Crippen LogP contribution in [-0.4, -0.2) is 24.5 Å². The van der Waals surface area contributed by atoms with E-state index in [2.05, 4.69) is 5.10 Å². The van der Waals surface area contributed by atoms with Crippen LogP contribution in [0, 0.1) is 0 Å². The summed E-state index contributed by atoms with van der Waals surface area (Å²) in [7, 11) is -1.57. The molecule has 0 aliphatic heterocycles. The van der Waals surface area contributed by atoms with Gasteiger partial charge in [-0.25, -0.2) is 8.42 Å². The number of nitrogens with zero attached hydrogens (tertiary/aromatic N) is 2. The highest BCUT2D eigenvalue weighted by Crippen LogP contribution is 2.27. The highest BCUT2D eigenvalue weighted by atomic mass is 32.2. The van der Waals surface area contributed by atoms with Crippen LogP contribution in [0.4, 0.5) is 5.82 Å². The average molecular weight is 251 g/mol. The molecule has 90 valence electrons. The van der Waals surface area contributed by atoms with E-state index in [4.69, 9.17) is 5.73 Å². The Morgan fingerprint density at radius 3 is 2.47 bits per heavy atom. The minimum atomic E-state index is -3.28. The molecule has 1 heterocycles. The molecule has 2 rings (SSSR count). The smallest absolute Gasteiger partial charge is 0.176 e. The molecule has 2 N–H and O–H groups in total. The Bertz CT molecular complexity index is 640. The maximum atomic E-state index is 11.7. The topological polar surface area (TPSA) is 78.0 Å². The minimum absolute atomic E-state index is 0.262. The molecule has 5 nitrogen and oxygen atoms in total. The van der Waals surface area contributed by atoms with Crippen LogP contribution >= 0.6 is 0 Å². The van der Waals surface area contributed by atoms with Gasteiger partial charge in [0.25, 0.3) is 0 Å². The molecule has 0 aliphatic rings. The monoisotopic (exact) mass is 251 g/mol. The maximum absolute atomic E-state index is 11.7. The first-order valence-corrected chi connectivity index (χ1v) is 6.87. The highest BCUT2D eigenvalue weighted by Gasteiger charge is 2.16. The zero-order chi connectivity index (χ0) is 12.6. The van der Waals surface area contributed by atoms with Gasteiger partial charge in [-0.3, -0.25) is 4.68 Å². The third-order valence-electron chi connectivity index (χ3n) is 2.48. The van der Waals surface area contributed by atoms with Crippen molar-refractivity contribution in [1.82, 2.24) is 9.78 Å². The molecule has 0 radical (unpaired) electrons. The van der Waals surface area contributed by atoms with Gasteiger partial charge in [0.15, 0.2) is 9.84 Å². The van der Waals surface area contributed by atoms with Crippen LogP contribution in [0.5, 0.6) is 0 Å². The Kier molecular flexibility index (Phi) is 2.66. The van der Waals surface area contributed by atoms with Gasteiger partial charge in [-0.15, -0.1) is 0 Å². The summed E-state index contributed by atoms with van der Waals surface area (Å²) in [5.41, 5.74) is 6.82. The van der Waals surface area contributed by atoms with E-state index in [1.54, 1.807) is 37.4 Å². The maximum Gasteiger partial charge on any atom is 0.176 e. The molecule has 1 aromatic carbocycles. The van der Waals surface area contributed by atoms with E-state index in [1.165, 1.54) is 10.9 Å². The van der Waals surface area contributed by atoms with Gasteiger partial charge in [0, 0.05) is 24.9 Å². The van der Waals surface area contributed by atoms with Crippen LogP contribution in [0.3, 0.4) is 0 Å². The van der Waals surface area contributed by atoms with E-state index in [0.29, 0.717) is 17.1 Å². The number of aryl methyl sites for hydroxylation is 1. The van der Waals surface area contributed by atoms with E-state index in [9.17, 15) is 8.42 Å². The van der Waals surface area contributed by atoms with E-state index in [-0.39, 0.29) is 4.90 Å². The summed E-state index contributed by atoms with van der Waals surface area (Å²) in [6.45, 7) is 0. The quantitative estimate of drug-likeness (QED) is 0.866. The number of rotatable bonds is 2. The number of aromatic nitrogens is 2. The Hall–Kier alpha value is -1.82. The predicted molar refractivity (Wildman–Crippen MR) is 66.2 cm³/mol. The Labute approximate surface area is 99.8 Å². The van der Waals surface area contributed by atoms with Gasteiger partial charge < -0.3 is 5.73 Å². The standard InChI is InChI=1S/C11H13N3O2S/c1-14-11(12)7-9(13-14)8-5-3-4-6-10(8)17(2,15)16/h3-7H,12H2,1-2H3. The molecule has 0 saturated carbocycles. The molecular weight excluding hydrogens is 238 g/mol. The van der Waals surface area contributed by atoms with Gasteiger partial charge in [-0.1, -0.05) is 18.2 Å². The number of sulfone groups is 1. The lowest BCUT2D eigenvalue weighted by Crippen LogP contribution is -2.00. The van der Waals surface area contributed by atoms with Crippen molar-refractivity contribution in [2.75, 3.05) is 12.0 Å². The second-order valence-corrected chi connectivity index (χ2v) is 5.83. The minimum Gasteiger partial charge on any atom is -0.384 e. The van der Waals surface area contributed by atoms with Gasteiger partial charge in [0.2, 0.25) is 0 Å². The van der Waals surface area contributed by atoms with Crippen LogP contribution in [0.15, 0.2) is 35.2 Å². The summed E-state index contributed by atoms with van der Waals surface area (Å²) in [6.07, 6.45) is 1.18. The molecule has 0 fully saturated rings. The van der Waals surface area contributed by atoms with Crippen molar-refractivity contribution < 1.29 is 8.42 Å². The van der Waals surface area contributed by atoms with E-state index >= 15 is 0 Å². The largest absolute Gasteiger partial charge is 0.384 e. The summed E-state index contributed by atoms with van der Waals surface area (Å²) in [6, 6.07) is 8.40. The Balaban J connectivity index is 2.68. The van der Waals surface area contributed by atoms with Crippen LogP contribution in [0.25, 0.3) is 11.3 Å². The molecule has 17 heavy (non-hydrogen) atoms. The summed E-state index contributed by atoms with van der Waals surface area (Å²) in [5, 5.41) is 4.18. The number of hydrogen-bond donors (Lipinski definition) is 1. The van der Waals surface area contributed by atoms with Gasteiger partial charge in [-0.05, 0) is 6.07 Å². The molecule has 0 spiro atoms. The molecular formula is C11H13N3O2S. The molecule has 6 heteroatoms. The van der Waals surface area contributed by atoms with E-state index in [0.717, 1.165) is 0 Å². The van der Waals surface area contributed by atoms with Crippen molar-refractivity contribution in [3.63, 3.8) is 0 Å². The first-order valence-electron chi connectivity index (χ1n) is 4.98. The van der Waals surface area contributed by atoms with Crippen molar-refractivity contribution in [3.05, 3.63) is 30.3 Å². The van der Waals surface area contributed by atoms with Gasteiger partial charge in [0.1, 0.15) is 5.82 Å². The fourth-order valence-corrected chi connectivity index (χ4v) is 2.51. The van der Waals surface area contributed by atoms with Crippen molar-refractivity contribution in [2.24, 2.45) is 7.05 Å². The number of nitrogens with two attached hydrogens (primary N) is 1. The number of benzene rings is 1. The number of nitrogen functional groups attached to an aromatic ring is 1. The second-order valence-electron chi connectivity index (χ2n) is 3.85. The predicted octanol–water partition coefficient (Wildman–Crippen LogP) is 1.07. The summed E-state index contributed by atoms with van der Waals surface area (Å²) in [4.78, 5) is 0.262. The first-order chi connectivity index (χ1) is 7.89. The summed E-state index contributed by atoms with van der Waals surface area (Å²) < 4.78 is 24.8. The SMILES string of the molecule is Cn1nc(-c2ccccc2S(C)(=O)=O)cc1N. The van der Waals surface area contributed by atoms with Crippen LogP contribution < -0.4 is 5.73 Å². The fraction of sp³-hybridized carbons (Fsp3) is 0.182. The molecule has 0 amide bonds. The number of hydrogen-bond acceptors (Lipinski definition) is 4. The summed E-state index contributed by atoms with van der Waals surface area (Å²) >= 11 is 0. The Morgan fingerprint density at radius 2 is 1.94 bits per heavy atom. The van der Waals surface area contributed by atoms with Crippen LogP contribution in [-0.2, 0) is 16.9 Å².